The smallest absolute Gasteiger partial charge is 0.323 e. The van der Waals surface area contributed by atoms with Gasteiger partial charge in [0.05, 0.1) is 57.0 Å². The molecule has 0 radical (unpaired) electrons. The van der Waals surface area contributed by atoms with Gasteiger partial charge >= 0.3 is 11.9 Å². The fraction of sp³-hybridized carbons (Fsp3) is 0.639. The maximum atomic E-state index is 12.2. The Morgan fingerprint density at radius 1 is 0.852 bits per heavy atom. The van der Waals surface area contributed by atoms with Gasteiger partial charge in [-0.25, -0.2) is 0 Å². The summed E-state index contributed by atoms with van der Waals surface area (Å²) in [5.74, 6) is -1.94. The number of nitrogens with one attached hydrogen (secondary N) is 1. The number of carbonyl (C=O) groups excluding carboxylic acids is 4. The molecule has 18 nitrogen and oxygen atoms in total. The van der Waals surface area contributed by atoms with Gasteiger partial charge in [-0.1, -0.05) is 13.8 Å². The Morgan fingerprint density at radius 3 is 1.74 bits per heavy atom. The maximum Gasteiger partial charge on any atom is 0.323 e. The molecule has 8 N–H and O–H groups in total. The third kappa shape index (κ3) is 17.1. The van der Waals surface area contributed by atoms with Crippen molar-refractivity contribution < 1.29 is 33.8 Å². The number of aromatic nitrogens is 1. The van der Waals surface area contributed by atoms with E-state index >= 15 is 0 Å². The summed E-state index contributed by atoms with van der Waals surface area (Å²) in [6, 6.07) is 7.52. The molecule has 54 heavy (non-hydrogen) atoms. The summed E-state index contributed by atoms with van der Waals surface area (Å²) in [5, 5.41) is 36.9. The summed E-state index contributed by atoms with van der Waals surface area (Å²) in [6.07, 6.45) is 9.29. The highest BCUT2D eigenvalue weighted by Gasteiger charge is 2.33. The molecule has 1 aromatic rings. The molecular formula is C36H55N11O7. The van der Waals surface area contributed by atoms with Crippen molar-refractivity contribution in [1.82, 2.24) is 25.0 Å². The topological polar surface area (TPSA) is 299 Å². The molecular weight excluding hydrogens is 698 g/mol. The van der Waals surface area contributed by atoms with Crippen molar-refractivity contribution in [1.29, 1.82) is 15.8 Å². The number of aliphatic carboxylic acids is 1. The first-order chi connectivity index (χ1) is 25.7. The van der Waals surface area contributed by atoms with Gasteiger partial charge in [0.15, 0.2) is 0 Å². The van der Waals surface area contributed by atoms with Crippen molar-refractivity contribution in [2.24, 2.45) is 23.1 Å². The van der Waals surface area contributed by atoms with E-state index in [-0.39, 0.29) is 43.0 Å². The number of carboxylic acids is 1. The Hall–Kier alpha value is -5.19. The van der Waals surface area contributed by atoms with E-state index in [4.69, 9.17) is 38.1 Å². The Morgan fingerprint density at radius 2 is 1.31 bits per heavy atom. The van der Waals surface area contributed by atoms with Gasteiger partial charge in [-0.15, -0.1) is 0 Å². The minimum absolute atomic E-state index is 0.186. The number of hydrogen-bond donors (Lipinski definition) is 5. The summed E-state index contributed by atoms with van der Waals surface area (Å²) in [5.41, 5.74) is 16.7. The highest BCUT2D eigenvalue weighted by molar-refractivity contribution is 5.89. The van der Waals surface area contributed by atoms with Crippen LogP contribution in [-0.2, 0) is 35.1 Å². The van der Waals surface area contributed by atoms with Gasteiger partial charge in [-0.3, -0.25) is 43.7 Å². The van der Waals surface area contributed by atoms with Crippen LogP contribution in [0.1, 0.15) is 64.4 Å². The molecule has 3 amide bonds. The third-order valence-electron chi connectivity index (χ3n) is 8.91. The number of rotatable bonds is 13. The highest BCUT2D eigenvalue weighted by Crippen LogP contribution is 2.19. The monoisotopic (exact) mass is 753 g/mol. The minimum atomic E-state index is -0.808. The highest BCUT2D eigenvalue weighted by atomic mass is 16.5. The molecule has 0 spiro atoms. The Balaban J connectivity index is 0.000000370. The van der Waals surface area contributed by atoms with Crippen molar-refractivity contribution >= 4 is 29.7 Å². The minimum Gasteiger partial charge on any atom is -0.480 e. The van der Waals surface area contributed by atoms with E-state index in [1.165, 1.54) is 7.11 Å². The van der Waals surface area contributed by atoms with Crippen molar-refractivity contribution in [3.8, 4) is 18.2 Å². The number of carbonyl (C=O) groups is 5. The molecule has 0 saturated carbocycles. The second-order valence-electron chi connectivity index (χ2n) is 13.4. The summed E-state index contributed by atoms with van der Waals surface area (Å²) < 4.78 is 4.62. The van der Waals surface area contributed by atoms with Crippen molar-refractivity contribution in [2.45, 2.75) is 95.4 Å². The number of esters is 1. The fourth-order valence-corrected chi connectivity index (χ4v) is 6.16. The largest absolute Gasteiger partial charge is 0.480 e. The third-order valence-corrected chi connectivity index (χ3v) is 8.91. The molecule has 1 aromatic heterocycles. The Kier molecular flexibility index (Phi) is 22.3. The molecule has 3 aliphatic heterocycles. The lowest BCUT2D eigenvalue weighted by atomic mass is 10.0. The second kappa shape index (κ2) is 25.7. The normalized spacial score (nSPS) is 20.4. The first kappa shape index (κ1) is 46.8. The molecule has 296 valence electrons. The zero-order valence-corrected chi connectivity index (χ0v) is 31.4. The molecule has 3 saturated heterocycles. The van der Waals surface area contributed by atoms with Crippen LogP contribution >= 0.6 is 0 Å². The van der Waals surface area contributed by atoms with E-state index in [0.29, 0.717) is 25.8 Å². The van der Waals surface area contributed by atoms with Crippen molar-refractivity contribution in [2.75, 3.05) is 46.4 Å². The van der Waals surface area contributed by atoms with Gasteiger partial charge in [0, 0.05) is 32.0 Å². The molecule has 18 heteroatoms. The van der Waals surface area contributed by atoms with Gasteiger partial charge < -0.3 is 32.4 Å². The molecule has 0 aliphatic carbocycles. The SMILES string of the molecule is CC(C)CC(NC(=O)C1CCCN1CC#N)C(N)=O.COC(=O)C1CCCN1CC#N.N#CCN1CCCC1C(=O)O.NC(=O)C(N)Cc1ccncc1. The van der Waals surface area contributed by atoms with Crippen LogP contribution in [0.5, 0.6) is 0 Å². The van der Waals surface area contributed by atoms with Crippen LogP contribution < -0.4 is 22.5 Å². The maximum absolute atomic E-state index is 12.2. The summed E-state index contributed by atoms with van der Waals surface area (Å²) in [7, 11) is 1.38. The van der Waals surface area contributed by atoms with Crippen LogP contribution in [0.3, 0.4) is 0 Å². The summed E-state index contributed by atoms with van der Waals surface area (Å²) in [4.78, 5) is 65.0. The molecule has 4 rings (SSSR count). The predicted octanol–water partition coefficient (Wildman–Crippen LogP) is -0.366. The summed E-state index contributed by atoms with van der Waals surface area (Å²) >= 11 is 0. The lowest BCUT2D eigenvalue weighted by Crippen LogP contribution is -2.51. The molecule has 5 atom stereocenters. The average molecular weight is 754 g/mol. The number of ether oxygens (including phenoxy) is 1. The zero-order chi connectivity index (χ0) is 40.6. The molecule has 5 unspecified atom stereocenters. The van der Waals surface area contributed by atoms with Crippen molar-refractivity contribution in [3.63, 3.8) is 0 Å². The lowest BCUT2D eigenvalue weighted by molar-refractivity contribution is -0.145. The molecule has 3 fully saturated rings. The van der Waals surface area contributed by atoms with Crippen LogP contribution in [0.15, 0.2) is 24.5 Å². The average Bonchev–Trinajstić information content (AvgIpc) is 3.91. The van der Waals surface area contributed by atoms with E-state index in [2.05, 4.69) is 21.1 Å². The van der Waals surface area contributed by atoms with E-state index in [1.54, 1.807) is 17.3 Å². The number of carboxylic acid groups (broad SMARTS) is 1. The van der Waals surface area contributed by atoms with E-state index < -0.39 is 35.9 Å². The van der Waals surface area contributed by atoms with Crippen LogP contribution in [0, 0.1) is 39.9 Å². The van der Waals surface area contributed by atoms with E-state index in [0.717, 1.165) is 57.3 Å². The fourth-order valence-electron chi connectivity index (χ4n) is 6.16. The van der Waals surface area contributed by atoms with Crippen LogP contribution in [-0.4, -0.2) is 131 Å². The van der Waals surface area contributed by atoms with Crippen LogP contribution in [0.2, 0.25) is 0 Å². The van der Waals surface area contributed by atoms with Gasteiger partial charge in [-0.2, -0.15) is 15.8 Å². The molecule has 4 heterocycles. The van der Waals surface area contributed by atoms with Crippen LogP contribution in [0.4, 0.5) is 0 Å². The number of amides is 3. The van der Waals surface area contributed by atoms with Crippen molar-refractivity contribution in [3.05, 3.63) is 30.1 Å². The molecule has 0 aromatic carbocycles. The quantitative estimate of drug-likeness (QED) is 0.127. The first-order valence-electron chi connectivity index (χ1n) is 17.9. The zero-order valence-electron chi connectivity index (χ0n) is 31.4. The van der Waals surface area contributed by atoms with Crippen LogP contribution in [0.25, 0.3) is 0 Å². The van der Waals surface area contributed by atoms with E-state index in [1.807, 2.05) is 47.9 Å². The van der Waals surface area contributed by atoms with Gasteiger partial charge in [0.1, 0.15) is 18.1 Å². The Bertz CT molecular complexity index is 1480. The summed E-state index contributed by atoms with van der Waals surface area (Å²) in [6.45, 7) is 7.05. The number of hydrogen-bond acceptors (Lipinski definition) is 14. The molecule has 0 bridgehead atoms. The second-order valence-corrected chi connectivity index (χ2v) is 13.4. The number of nitrogens with zero attached hydrogens (tertiary/aromatic N) is 7. The number of likely N-dealkylation sites (tertiary alicyclic amines) is 3. The number of methoxy groups -OCH3 is 1. The van der Waals surface area contributed by atoms with Gasteiger partial charge in [-0.05, 0) is 75.0 Å². The number of nitrogens with two attached hydrogens (primary N) is 3. The van der Waals surface area contributed by atoms with E-state index in [9.17, 15) is 24.0 Å². The molecule has 3 aliphatic rings. The number of pyridine rings is 1. The number of primary amides is 2. The first-order valence-corrected chi connectivity index (χ1v) is 17.9. The predicted molar refractivity (Wildman–Crippen MR) is 196 cm³/mol. The Labute approximate surface area is 317 Å². The van der Waals surface area contributed by atoms with Gasteiger partial charge in [0.25, 0.3) is 0 Å². The van der Waals surface area contributed by atoms with Gasteiger partial charge in [0.2, 0.25) is 17.7 Å². The number of nitriles is 3. The lowest BCUT2D eigenvalue weighted by Gasteiger charge is -2.24. The standard InChI is InChI=1S/C13H22N4O2.C8H11N3O.C8H12N2O2.C7H10N2O2/c1-9(2)8-10(12(15)18)16-13(19)11-4-3-6-17(11)7-5-14;9-7(8(10)12)5-6-1-3-11-4-2-6;1-12-8(11)7-3-2-5-10(7)6-4-9;8-3-5-9-4-1-2-6(9)7(10)11/h9-11H,3-4,6-8H2,1-2H3,(H2,15,18)(H,16,19);1-4,7H,5,9H2,(H2,10,12);7H,2-3,5-6H2,1H3;6H,1-2,4-5H2,(H,10,11).